The fraction of sp³-hybridized carbons (Fsp3) is 0.703. The minimum absolute atomic E-state index is 0.0804. The summed E-state index contributed by atoms with van der Waals surface area (Å²) in [7, 11) is 0. The number of aliphatic hydroxyl groups is 1. The molecule has 9 atom stereocenters. The van der Waals surface area contributed by atoms with Crippen LogP contribution in [0.1, 0.15) is 100 Å². The smallest absolute Gasteiger partial charge is 0.316 e. The molecule has 2 bridgehead atoms. The van der Waals surface area contributed by atoms with Gasteiger partial charge in [0.25, 0.3) is 0 Å². The van der Waals surface area contributed by atoms with E-state index in [1.807, 2.05) is 19.1 Å². The molecule has 0 unspecified atom stereocenters. The second-order valence-electron chi connectivity index (χ2n) is 15.3. The van der Waals surface area contributed by atoms with Gasteiger partial charge in [-0.1, -0.05) is 77.5 Å². The average Bonchev–Trinajstić information content (AvgIpc) is 3.32. The van der Waals surface area contributed by atoms with Crippen molar-refractivity contribution in [1.82, 2.24) is 5.43 Å². The summed E-state index contributed by atoms with van der Waals surface area (Å²) in [6, 6.07) is 0. The molecular formula is C37H54N2O7. The van der Waals surface area contributed by atoms with Crippen molar-refractivity contribution in [3.05, 3.63) is 47.1 Å². The van der Waals surface area contributed by atoms with E-state index in [1.165, 1.54) is 5.57 Å². The first-order valence-electron chi connectivity index (χ1n) is 17.2. The first kappa shape index (κ1) is 34.7. The molecule has 9 heteroatoms. The van der Waals surface area contributed by atoms with E-state index in [4.69, 9.17) is 18.9 Å². The number of hydrogen-bond acceptors (Lipinski definition) is 8. The highest BCUT2D eigenvalue weighted by Gasteiger charge is 2.59. The summed E-state index contributed by atoms with van der Waals surface area (Å²) >= 11 is 0. The molecule has 4 heterocycles. The molecule has 3 fully saturated rings. The summed E-state index contributed by atoms with van der Waals surface area (Å²) in [6.45, 7) is 16.0. The molecule has 1 aliphatic carbocycles. The van der Waals surface area contributed by atoms with Crippen LogP contribution in [0, 0.1) is 23.2 Å². The second-order valence-corrected chi connectivity index (χ2v) is 15.3. The Kier molecular flexibility index (Phi) is 10.2. The molecule has 254 valence electrons. The minimum Gasteiger partial charge on any atom is -0.462 e. The van der Waals surface area contributed by atoms with E-state index in [9.17, 15) is 14.7 Å². The molecule has 1 amide bonds. The van der Waals surface area contributed by atoms with Gasteiger partial charge in [0.15, 0.2) is 5.79 Å². The zero-order chi connectivity index (χ0) is 33.4. The molecule has 0 aromatic carbocycles. The molecular weight excluding hydrogens is 584 g/mol. The lowest BCUT2D eigenvalue weighted by atomic mass is 9.71. The van der Waals surface area contributed by atoms with Crippen LogP contribution in [-0.4, -0.2) is 65.1 Å². The van der Waals surface area contributed by atoms with Gasteiger partial charge in [-0.05, 0) is 62.5 Å². The number of amides is 1. The SMILES string of the molecule is CC[C@H]1O[C@]2(CC[C@@H]1C)C[C@@H]1C[C@@H](C/C=C(\C)C[C@@H](C)/C=C/C=C3\CO[C@@H]4/C(=N\NC(=O)C(C)(C)C)C(C)=C[C@@H](C(=O)O1)[C@]34O)O2. The van der Waals surface area contributed by atoms with Gasteiger partial charge in [0, 0.05) is 24.7 Å². The Hall–Kier alpha value is -2.59. The highest BCUT2D eigenvalue weighted by Crippen LogP contribution is 2.46. The number of rotatable bonds is 2. The second kappa shape index (κ2) is 13.5. The fourth-order valence-electron chi connectivity index (χ4n) is 7.51. The molecule has 0 saturated carbocycles. The van der Waals surface area contributed by atoms with Crippen LogP contribution in [0.3, 0.4) is 0 Å². The van der Waals surface area contributed by atoms with Gasteiger partial charge in [-0.2, -0.15) is 5.10 Å². The molecule has 1 spiro atoms. The number of esters is 1. The third kappa shape index (κ3) is 7.13. The van der Waals surface area contributed by atoms with Crippen molar-refractivity contribution in [2.24, 2.45) is 28.3 Å². The normalized spacial score (nSPS) is 42.6. The van der Waals surface area contributed by atoms with E-state index in [1.54, 1.807) is 26.8 Å². The maximum Gasteiger partial charge on any atom is 0.316 e. The highest BCUT2D eigenvalue weighted by atomic mass is 16.7. The number of nitrogens with one attached hydrogen (secondary N) is 1. The summed E-state index contributed by atoms with van der Waals surface area (Å²) in [5.74, 6) is -1.93. The van der Waals surface area contributed by atoms with Crippen molar-refractivity contribution in [1.29, 1.82) is 0 Å². The number of ether oxygens (including phenoxy) is 4. The Morgan fingerprint density at radius 2 is 1.93 bits per heavy atom. The van der Waals surface area contributed by atoms with Crippen LogP contribution in [-0.2, 0) is 28.5 Å². The molecule has 46 heavy (non-hydrogen) atoms. The zero-order valence-electron chi connectivity index (χ0n) is 28.9. The molecule has 2 N–H and O–H groups in total. The number of nitrogens with zero attached hydrogens (tertiary/aromatic N) is 1. The molecule has 9 nitrogen and oxygen atoms in total. The van der Waals surface area contributed by atoms with E-state index in [0.29, 0.717) is 42.0 Å². The van der Waals surface area contributed by atoms with Crippen LogP contribution in [0.15, 0.2) is 52.2 Å². The lowest BCUT2D eigenvalue weighted by molar-refractivity contribution is -0.335. The number of allylic oxidation sites excluding steroid dienone is 4. The van der Waals surface area contributed by atoms with Gasteiger partial charge in [-0.3, -0.25) is 9.59 Å². The van der Waals surface area contributed by atoms with E-state index < -0.39 is 40.9 Å². The number of hydrazone groups is 1. The molecule has 4 aliphatic heterocycles. The third-order valence-electron chi connectivity index (χ3n) is 10.3. The number of hydrogen-bond donors (Lipinski definition) is 2. The Bertz CT molecular complexity index is 1340. The largest absolute Gasteiger partial charge is 0.462 e. The molecule has 0 aromatic rings. The van der Waals surface area contributed by atoms with E-state index in [2.05, 4.69) is 50.4 Å². The maximum absolute atomic E-state index is 14.2. The van der Waals surface area contributed by atoms with Gasteiger partial charge in [0.1, 0.15) is 23.7 Å². The first-order chi connectivity index (χ1) is 21.6. The zero-order valence-corrected chi connectivity index (χ0v) is 28.9. The van der Waals surface area contributed by atoms with Crippen molar-refractivity contribution < 1.29 is 33.6 Å². The fourth-order valence-corrected chi connectivity index (χ4v) is 7.51. The summed E-state index contributed by atoms with van der Waals surface area (Å²) < 4.78 is 26.0. The quantitative estimate of drug-likeness (QED) is 0.214. The first-order valence-corrected chi connectivity index (χ1v) is 17.2. The predicted octanol–water partition coefficient (Wildman–Crippen LogP) is 6.08. The van der Waals surface area contributed by atoms with Gasteiger partial charge in [-0.25, -0.2) is 5.43 Å². The Balaban J connectivity index is 1.53. The highest BCUT2D eigenvalue weighted by molar-refractivity contribution is 6.07. The summed E-state index contributed by atoms with van der Waals surface area (Å²) in [4.78, 5) is 26.9. The third-order valence-corrected chi connectivity index (χ3v) is 10.3. The van der Waals surface area contributed by atoms with Crippen LogP contribution in [0.2, 0.25) is 0 Å². The molecule has 0 aromatic heterocycles. The number of carbonyl (C=O) groups is 2. The molecule has 5 aliphatic rings. The van der Waals surface area contributed by atoms with Gasteiger partial charge in [0.05, 0.1) is 24.5 Å². The minimum atomic E-state index is -1.74. The van der Waals surface area contributed by atoms with Crippen LogP contribution >= 0.6 is 0 Å². The predicted molar refractivity (Wildman–Crippen MR) is 177 cm³/mol. The Morgan fingerprint density at radius 3 is 2.65 bits per heavy atom. The lowest BCUT2D eigenvalue weighted by Crippen LogP contribution is -2.57. The van der Waals surface area contributed by atoms with Gasteiger partial charge < -0.3 is 24.1 Å². The van der Waals surface area contributed by atoms with Crippen molar-refractivity contribution in [2.75, 3.05) is 6.61 Å². The van der Waals surface area contributed by atoms with Gasteiger partial charge in [0.2, 0.25) is 5.91 Å². The lowest BCUT2D eigenvalue weighted by Gasteiger charge is -2.49. The van der Waals surface area contributed by atoms with E-state index in [-0.39, 0.29) is 30.6 Å². The van der Waals surface area contributed by atoms with Crippen molar-refractivity contribution in [3.8, 4) is 0 Å². The number of carbonyl (C=O) groups excluding carboxylic acids is 2. The molecule has 3 saturated heterocycles. The van der Waals surface area contributed by atoms with E-state index >= 15 is 0 Å². The van der Waals surface area contributed by atoms with Crippen molar-refractivity contribution in [3.63, 3.8) is 0 Å². The summed E-state index contributed by atoms with van der Waals surface area (Å²) in [6.07, 6.45) is 13.6. The van der Waals surface area contributed by atoms with Crippen LogP contribution in [0.5, 0.6) is 0 Å². The number of fused-ring (bicyclic) bond motifs is 2. The summed E-state index contributed by atoms with van der Waals surface area (Å²) in [5.41, 5.74) is 3.11. The molecule has 0 radical (unpaired) electrons. The van der Waals surface area contributed by atoms with Crippen molar-refractivity contribution in [2.45, 2.75) is 136 Å². The maximum atomic E-state index is 14.2. The summed E-state index contributed by atoms with van der Waals surface area (Å²) in [5, 5.41) is 17.0. The van der Waals surface area contributed by atoms with Gasteiger partial charge >= 0.3 is 5.97 Å². The monoisotopic (exact) mass is 638 g/mol. The van der Waals surface area contributed by atoms with Gasteiger partial charge in [-0.15, -0.1) is 0 Å². The van der Waals surface area contributed by atoms with Crippen LogP contribution < -0.4 is 5.43 Å². The Labute approximate surface area is 274 Å². The van der Waals surface area contributed by atoms with E-state index in [0.717, 1.165) is 25.7 Å². The topological polar surface area (TPSA) is 116 Å². The van der Waals surface area contributed by atoms with Crippen LogP contribution in [0.25, 0.3) is 0 Å². The van der Waals surface area contributed by atoms with Crippen LogP contribution in [0.4, 0.5) is 0 Å². The van der Waals surface area contributed by atoms with Crippen molar-refractivity contribution >= 4 is 17.6 Å². The standard InChI is InChI=1S/C37H54N2O7/c1-9-30-24(4)15-16-36(46-30)20-28-19-27(45-36)14-13-23(3)17-22(2)11-10-12-26-21-43-32-31(38-39-34(41)35(6,7)8)25(5)18-29(33(40)44-28)37(26,32)42/h10-13,18,22,24,27-30,32,42H,9,14-17,19-21H2,1-8H3,(H,39,41)/b11-10+,23-13+,26-12+,38-31-/t22-,24-,27+,28-,29-,30+,32+,36+,37+/m0/s1. The average molecular weight is 639 g/mol. The molecule has 5 rings (SSSR count). The Morgan fingerprint density at radius 1 is 1.17 bits per heavy atom.